The van der Waals surface area contributed by atoms with Gasteiger partial charge in [0.25, 0.3) is 0 Å². The summed E-state index contributed by atoms with van der Waals surface area (Å²) in [7, 11) is 1.62. The van der Waals surface area contributed by atoms with Crippen molar-refractivity contribution in [3.05, 3.63) is 102 Å². The van der Waals surface area contributed by atoms with E-state index in [4.69, 9.17) is 13.9 Å². The van der Waals surface area contributed by atoms with E-state index in [1.54, 1.807) is 43.5 Å². The molecule has 2 N–H and O–H groups in total. The quantitative estimate of drug-likeness (QED) is 0.239. The number of nitrogens with zero attached hydrogens (tertiary/aromatic N) is 3. The number of aromatic nitrogens is 3. The third kappa shape index (κ3) is 6.21. The van der Waals surface area contributed by atoms with Crippen molar-refractivity contribution in [3.63, 3.8) is 0 Å². The number of anilines is 2. The number of hydrogen-bond acceptors (Lipinski definition) is 6. The number of urea groups is 1. The van der Waals surface area contributed by atoms with Gasteiger partial charge in [-0.1, -0.05) is 18.2 Å². The van der Waals surface area contributed by atoms with Crippen LogP contribution in [0.1, 0.15) is 5.56 Å². The zero-order valence-electron chi connectivity index (χ0n) is 20.7. The Labute approximate surface area is 222 Å². The SMILES string of the molecule is COc1ccc(CCOc2nc(-c3ccco3)n(-c3cccc(NC(=O)Nc4ccc(F)cc4F)c3)n2)cc1. The lowest BCUT2D eigenvalue weighted by atomic mass is 10.1. The van der Waals surface area contributed by atoms with E-state index in [2.05, 4.69) is 20.7 Å². The van der Waals surface area contributed by atoms with Crippen molar-refractivity contribution >= 4 is 17.4 Å². The van der Waals surface area contributed by atoms with Crippen molar-refractivity contribution in [1.82, 2.24) is 14.8 Å². The molecule has 0 unspecified atom stereocenters. The molecule has 198 valence electrons. The van der Waals surface area contributed by atoms with Crippen LogP contribution in [-0.4, -0.2) is 34.5 Å². The van der Waals surface area contributed by atoms with Gasteiger partial charge in [-0.05, 0) is 60.2 Å². The lowest BCUT2D eigenvalue weighted by Gasteiger charge is -2.10. The Morgan fingerprint density at radius 3 is 2.59 bits per heavy atom. The molecule has 0 saturated carbocycles. The Hall–Kier alpha value is -5.19. The Kier molecular flexibility index (Phi) is 7.48. The van der Waals surface area contributed by atoms with Gasteiger partial charge >= 0.3 is 12.0 Å². The highest BCUT2D eigenvalue weighted by Crippen LogP contribution is 2.26. The first-order valence-electron chi connectivity index (χ1n) is 11.9. The number of benzene rings is 3. The highest BCUT2D eigenvalue weighted by molar-refractivity contribution is 6.00. The number of hydrogen-bond donors (Lipinski definition) is 2. The van der Waals surface area contributed by atoms with Crippen LogP contribution in [0.2, 0.25) is 0 Å². The van der Waals surface area contributed by atoms with E-state index >= 15 is 0 Å². The summed E-state index contributed by atoms with van der Waals surface area (Å²) in [6, 6.07) is 20.3. The molecule has 9 nitrogen and oxygen atoms in total. The zero-order chi connectivity index (χ0) is 27.2. The Morgan fingerprint density at radius 2 is 1.85 bits per heavy atom. The standard InChI is InChI=1S/C28H23F2N5O4/c1-37-22-10-7-18(8-11-22)13-15-39-28-33-26(25-6-3-14-38-25)35(34-28)21-5-2-4-20(17-21)31-27(36)32-24-12-9-19(29)16-23(24)30/h2-12,14,16-17H,13,15H2,1H3,(H2,31,32,36). The number of furan rings is 1. The molecule has 2 heterocycles. The third-order valence-corrected chi connectivity index (χ3v) is 5.64. The van der Waals surface area contributed by atoms with E-state index in [0.29, 0.717) is 42.1 Å². The molecule has 0 aliphatic heterocycles. The summed E-state index contributed by atoms with van der Waals surface area (Å²) < 4.78 is 45.1. The highest BCUT2D eigenvalue weighted by atomic mass is 19.1. The minimum absolute atomic E-state index is 0.151. The fourth-order valence-corrected chi connectivity index (χ4v) is 3.74. The van der Waals surface area contributed by atoms with Gasteiger partial charge in [-0.2, -0.15) is 4.98 Å². The van der Waals surface area contributed by atoms with E-state index in [-0.39, 0.29) is 11.7 Å². The fraction of sp³-hybridized carbons (Fsp3) is 0.107. The minimum atomic E-state index is -0.885. The Balaban J connectivity index is 1.32. The van der Waals surface area contributed by atoms with E-state index in [0.717, 1.165) is 23.4 Å². The molecule has 2 amide bonds. The normalized spacial score (nSPS) is 10.7. The number of rotatable bonds is 9. The van der Waals surface area contributed by atoms with Crippen LogP contribution in [0.5, 0.6) is 11.8 Å². The molecule has 11 heteroatoms. The largest absolute Gasteiger partial charge is 0.497 e. The zero-order valence-corrected chi connectivity index (χ0v) is 20.7. The van der Waals surface area contributed by atoms with Crippen LogP contribution in [0.15, 0.2) is 89.5 Å². The number of ether oxygens (including phenoxy) is 2. The summed E-state index contributed by atoms with van der Waals surface area (Å²) in [5.74, 6) is 0.0179. The first kappa shape index (κ1) is 25.5. The molecule has 0 aliphatic carbocycles. The molecule has 0 aliphatic rings. The molecule has 2 aromatic heterocycles. The van der Waals surface area contributed by atoms with Crippen LogP contribution in [-0.2, 0) is 6.42 Å². The summed E-state index contributed by atoms with van der Waals surface area (Å²) in [5.41, 5.74) is 1.87. The summed E-state index contributed by atoms with van der Waals surface area (Å²) in [5, 5.41) is 9.48. The average Bonchev–Trinajstić information content (AvgIpc) is 3.61. The van der Waals surface area contributed by atoms with Crippen LogP contribution in [0.25, 0.3) is 17.3 Å². The minimum Gasteiger partial charge on any atom is -0.497 e. The van der Waals surface area contributed by atoms with Crippen molar-refractivity contribution in [2.75, 3.05) is 24.4 Å². The van der Waals surface area contributed by atoms with Crippen LogP contribution in [0.3, 0.4) is 0 Å². The maximum Gasteiger partial charge on any atom is 0.336 e. The van der Waals surface area contributed by atoms with E-state index in [9.17, 15) is 13.6 Å². The van der Waals surface area contributed by atoms with Gasteiger partial charge in [0.15, 0.2) is 5.76 Å². The van der Waals surface area contributed by atoms with Gasteiger partial charge in [0.1, 0.15) is 17.4 Å². The molecule has 0 fully saturated rings. The van der Waals surface area contributed by atoms with Crippen LogP contribution in [0.4, 0.5) is 25.0 Å². The molecule has 39 heavy (non-hydrogen) atoms. The van der Waals surface area contributed by atoms with Gasteiger partial charge < -0.3 is 24.5 Å². The lowest BCUT2D eigenvalue weighted by Crippen LogP contribution is -2.20. The molecule has 0 atom stereocenters. The molecule has 0 saturated heterocycles. The van der Waals surface area contributed by atoms with E-state index in [1.807, 2.05) is 24.3 Å². The first-order valence-corrected chi connectivity index (χ1v) is 11.9. The predicted molar refractivity (Wildman–Crippen MR) is 140 cm³/mol. The number of carbonyl (C=O) groups excluding carboxylic acids is 1. The smallest absolute Gasteiger partial charge is 0.336 e. The van der Waals surface area contributed by atoms with Crippen molar-refractivity contribution < 1.29 is 27.5 Å². The van der Waals surface area contributed by atoms with Gasteiger partial charge in [0.2, 0.25) is 5.82 Å². The van der Waals surface area contributed by atoms with Gasteiger partial charge in [-0.25, -0.2) is 18.3 Å². The maximum absolute atomic E-state index is 13.9. The molecule has 5 aromatic rings. The van der Waals surface area contributed by atoms with Crippen molar-refractivity contribution in [2.45, 2.75) is 6.42 Å². The monoisotopic (exact) mass is 531 g/mol. The average molecular weight is 532 g/mol. The second kappa shape index (κ2) is 11.5. The van der Waals surface area contributed by atoms with Crippen molar-refractivity contribution in [1.29, 1.82) is 0 Å². The van der Waals surface area contributed by atoms with Crippen LogP contribution < -0.4 is 20.1 Å². The lowest BCUT2D eigenvalue weighted by molar-refractivity contribution is 0.262. The Morgan fingerprint density at radius 1 is 1.00 bits per heavy atom. The number of nitrogens with one attached hydrogen (secondary N) is 2. The first-order chi connectivity index (χ1) is 19.0. The number of amides is 2. The van der Waals surface area contributed by atoms with Gasteiger partial charge in [0, 0.05) is 18.2 Å². The number of methoxy groups -OCH3 is 1. The fourth-order valence-electron chi connectivity index (χ4n) is 3.74. The van der Waals surface area contributed by atoms with Gasteiger partial charge in [-0.3, -0.25) is 0 Å². The number of halogens is 2. The molecule has 3 aromatic carbocycles. The molecule has 0 spiro atoms. The molecular formula is C28H23F2N5O4. The second-order valence-corrected chi connectivity index (χ2v) is 8.31. The third-order valence-electron chi connectivity index (χ3n) is 5.64. The second-order valence-electron chi connectivity index (χ2n) is 8.31. The summed E-state index contributed by atoms with van der Waals surface area (Å²) in [4.78, 5) is 16.9. The van der Waals surface area contributed by atoms with Crippen molar-refractivity contribution in [3.8, 4) is 29.0 Å². The van der Waals surface area contributed by atoms with Crippen LogP contribution >= 0.6 is 0 Å². The predicted octanol–water partition coefficient (Wildman–Crippen LogP) is 6.08. The van der Waals surface area contributed by atoms with Crippen LogP contribution in [0, 0.1) is 11.6 Å². The van der Waals surface area contributed by atoms with E-state index in [1.165, 1.54) is 10.9 Å². The molecule has 0 bridgehead atoms. The highest BCUT2D eigenvalue weighted by Gasteiger charge is 2.18. The Bertz CT molecular complexity index is 1570. The van der Waals surface area contributed by atoms with Gasteiger partial charge in [0.05, 0.1) is 31.4 Å². The molecule has 5 rings (SSSR count). The van der Waals surface area contributed by atoms with E-state index < -0.39 is 17.7 Å². The summed E-state index contributed by atoms with van der Waals surface area (Å²) in [6.07, 6.45) is 2.16. The molecule has 0 radical (unpaired) electrons. The number of carbonyl (C=O) groups is 1. The van der Waals surface area contributed by atoms with Gasteiger partial charge in [-0.15, -0.1) is 5.10 Å². The summed E-state index contributed by atoms with van der Waals surface area (Å²) >= 11 is 0. The van der Waals surface area contributed by atoms with Crippen molar-refractivity contribution in [2.24, 2.45) is 0 Å². The topological polar surface area (TPSA) is 103 Å². The summed E-state index contributed by atoms with van der Waals surface area (Å²) in [6.45, 7) is 0.343. The maximum atomic E-state index is 13.9. The molecular weight excluding hydrogens is 508 g/mol.